The predicted octanol–water partition coefficient (Wildman–Crippen LogP) is 3.43. The van der Waals surface area contributed by atoms with Crippen molar-refractivity contribution in [2.75, 3.05) is 30.9 Å². The summed E-state index contributed by atoms with van der Waals surface area (Å²) in [5.74, 6) is 0.140. The van der Waals surface area contributed by atoms with E-state index in [2.05, 4.69) is 24.5 Å². The molecular weight excluding hydrogens is 316 g/mol. The highest BCUT2D eigenvalue weighted by Crippen LogP contribution is 2.26. The monoisotopic (exact) mass is 348 g/mol. The summed E-state index contributed by atoms with van der Waals surface area (Å²) in [6.45, 7) is 9.01. The molecule has 0 aromatic heterocycles. The van der Waals surface area contributed by atoms with E-state index in [9.17, 15) is 9.59 Å². The molecule has 0 saturated heterocycles. The standard InChI is InChI=1S/C19H32N4O2/c1-7-14(4)23(18(24)8-2)13-15-12-16(21-19(25)20-9-3)10-11-17(15)22(5)6/h10-12,14H,7-9,13H2,1-6H3,(H2,20,21,25). The summed E-state index contributed by atoms with van der Waals surface area (Å²) in [4.78, 5) is 28.1. The van der Waals surface area contributed by atoms with E-state index in [1.165, 1.54) is 0 Å². The van der Waals surface area contributed by atoms with E-state index in [4.69, 9.17) is 0 Å². The van der Waals surface area contributed by atoms with E-state index < -0.39 is 0 Å². The van der Waals surface area contributed by atoms with E-state index in [1.54, 1.807) is 0 Å². The topological polar surface area (TPSA) is 64.7 Å². The maximum atomic E-state index is 12.4. The molecule has 0 aliphatic rings. The van der Waals surface area contributed by atoms with Gasteiger partial charge in [0.15, 0.2) is 0 Å². The zero-order valence-electron chi connectivity index (χ0n) is 16.3. The third kappa shape index (κ3) is 5.96. The second-order valence-corrected chi connectivity index (χ2v) is 6.35. The highest BCUT2D eigenvalue weighted by Gasteiger charge is 2.20. The van der Waals surface area contributed by atoms with Crippen LogP contribution in [0.1, 0.15) is 46.1 Å². The van der Waals surface area contributed by atoms with Crippen molar-refractivity contribution in [3.8, 4) is 0 Å². The highest BCUT2D eigenvalue weighted by molar-refractivity contribution is 5.89. The third-order valence-electron chi connectivity index (χ3n) is 4.24. The number of carbonyl (C=O) groups is 2. The fraction of sp³-hybridized carbons (Fsp3) is 0.579. The first-order valence-electron chi connectivity index (χ1n) is 8.98. The van der Waals surface area contributed by atoms with Crippen molar-refractivity contribution < 1.29 is 9.59 Å². The molecule has 0 saturated carbocycles. The highest BCUT2D eigenvalue weighted by atomic mass is 16.2. The summed E-state index contributed by atoms with van der Waals surface area (Å²) >= 11 is 0. The lowest BCUT2D eigenvalue weighted by molar-refractivity contribution is -0.133. The van der Waals surface area contributed by atoms with Gasteiger partial charge in [0, 0.05) is 51.0 Å². The van der Waals surface area contributed by atoms with Crippen molar-refractivity contribution in [3.63, 3.8) is 0 Å². The average molecular weight is 348 g/mol. The molecule has 0 heterocycles. The summed E-state index contributed by atoms with van der Waals surface area (Å²) in [5.41, 5.74) is 2.78. The molecule has 1 unspecified atom stereocenters. The van der Waals surface area contributed by atoms with Crippen molar-refractivity contribution in [2.45, 2.75) is 53.1 Å². The minimum Gasteiger partial charge on any atom is -0.377 e. The molecule has 0 fully saturated rings. The number of carbonyl (C=O) groups excluding carboxylic acids is 2. The van der Waals surface area contributed by atoms with Crippen LogP contribution in [0.4, 0.5) is 16.2 Å². The van der Waals surface area contributed by atoms with Gasteiger partial charge in [0.2, 0.25) is 5.91 Å². The fourth-order valence-electron chi connectivity index (χ4n) is 2.66. The molecule has 1 rings (SSSR count). The van der Waals surface area contributed by atoms with Crippen molar-refractivity contribution in [2.24, 2.45) is 0 Å². The van der Waals surface area contributed by atoms with Crippen molar-refractivity contribution in [3.05, 3.63) is 23.8 Å². The van der Waals surface area contributed by atoms with Gasteiger partial charge in [-0.3, -0.25) is 4.79 Å². The third-order valence-corrected chi connectivity index (χ3v) is 4.24. The SMILES string of the molecule is CCNC(=O)Nc1ccc(N(C)C)c(CN(C(=O)CC)C(C)CC)c1. The Kier molecular flexibility index (Phi) is 8.25. The minimum absolute atomic E-state index is 0.140. The van der Waals surface area contributed by atoms with Crippen LogP contribution in [0.5, 0.6) is 0 Å². The Morgan fingerprint density at radius 2 is 1.84 bits per heavy atom. The van der Waals surface area contributed by atoms with Gasteiger partial charge in [-0.15, -0.1) is 0 Å². The lowest BCUT2D eigenvalue weighted by Gasteiger charge is -2.30. The normalized spacial score (nSPS) is 11.6. The smallest absolute Gasteiger partial charge is 0.319 e. The van der Waals surface area contributed by atoms with Crippen LogP contribution in [-0.2, 0) is 11.3 Å². The van der Waals surface area contributed by atoms with Gasteiger partial charge >= 0.3 is 6.03 Å². The van der Waals surface area contributed by atoms with E-state index in [-0.39, 0.29) is 18.0 Å². The molecule has 3 amide bonds. The Hall–Kier alpha value is -2.24. The van der Waals surface area contributed by atoms with Crippen molar-refractivity contribution in [1.82, 2.24) is 10.2 Å². The van der Waals surface area contributed by atoms with Crippen LogP contribution >= 0.6 is 0 Å². The molecule has 6 heteroatoms. The molecule has 1 atom stereocenters. The predicted molar refractivity (Wildman–Crippen MR) is 104 cm³/mol. The molecule has 6 nitrogen and oxygen atoms in total. The van der Waals surface area contributed by atoms with Crippen LogP contribution in [0, 0.1) is 0 Å². The Morgan fingerprint density at radius 3 is 2.36 bits per heavy atom. The summed E-state index contributed by atoms with van der Waals surface area (Å²) in [5, 5.41) is 5.56. The molecule has 0 aliphatic carbocycles. The maximum absolute atomic E-state index is 12.4. The molecule has 140 valence electrons. The van der Waals surface area contributed by atoms with Crippen molar-refractivity contribution in [1.29, 1.82) is 0 Å². The van der Waals surface area contributed by atoms with Crippen LogP contribution in [0.3, 0.4) is 0 Å². The second kappa shape index (κ2) is 9.91. The molecule has 2 N–H and O–H groups in total. The first-order chi connectivity index (χ1) is 11.8. The number of urea groups is 1. The van der Waals surface area contributed by atoms with Gasteiger partial charge in [0.05, 0.1) is 0 Å². The van der Waals surface area contributed by atoms with Crippen LogP contribution in [0.25, 0.3) is 0 Å². The number of nitrogens with zero attached hydrogens (tertiary/aromatic N) is 2. The Morgan fingerprint density at radius 1 is 1.16 bits per heavy atom. The largest absolute Gasteiger partial charge is 0.377 e. The quantitative estimate of drug-likeness (QED) is 0.756. The van der Waals surface area contributed by atoms with Crippen LogP contribution in [0.2, 0.25) is 0 Å². The number of benzene rings is 1. The van der Waals surface area contributed by atoms with Crippen LogP contribution in [0.15, 0.2) is 18.2 Å². The molecule has 1 aromatic rings. The zero-order valence-corrected chi connectivity index (χ0v) is 16.3. The van der Waals surface area contributed by atoms with Gasteiger partial charge in [-0.1, -0.05) is 13.8 Å². The average Bonchev–Trinajstić information content (AvgIpc) is 2.58. The lowest BCUT2D eigenvalue weighted by Crippen LogP contribution is -2.37. The number of hydrogen-bond acceptors (Lipinski definition) is 3. The van der Waals surface area contributed by atoms with Gasteiger partial charge in [0.1, 0.15) is 0 Å². The Balaban J connectivity index is 3.15. The summed E-state index contributed by atoms with van der Waals surface area (Å²) in [7, 11) is 3.95. The second-order valence-electron chi connectivity index (χ2n) is 6.35. The molecule has 0 aliphatic heterocycles. The first-order valence-corrected chi connectivity index (χ1v) is 8.98. The summed E-state index contributed by atoms with van der Waals surface area (Å²) in [6, 6.07) is 5.74. The van der Waals surface area contributed by atoms with Gasteiger partial charge in [0.25, 0.3) is 0 Å². The van der Waals surface area contributed by atoms with E-state index in [0.29, 0.717) is 19.5 Å². The molecule has 0 radical (unpaired) electrons. The molecule has 25 heavy (non-hydrogen) atoms. The van der Waals surface area contributed by atoms with E-state index in [0.717, 1.165) is 23.4 Å². The summed E-state index contributed by atoms with van der Waals surface area (Å²) in [6.07, 6.45) is 1.39. The number of rotatable bonds is 8. The number of amides is 3. The van der Waals surface area contributed by atoms with Gasteiger partial charge in [-0.05, 0) is 44.0 Å². The van der Waals surface area contributed by atoms with Gasteiger partial charge < -0.3 is 20.4 Å². The Bertz CT molecular complexity index is 587. The zero-order chi connectivity index (χ0) is 19.0. The van der Waals surface area contributed by atoms with Gasteiger partial charge in [-0.25, -0.2) is 4.79 Å². The lowest BCUT2D eigenvalue weighted by atomic mass is 10.1. The minimum atomic E-state index is -0.227. The van der Waals surface area contributed by atoms with Gasteiger partial charge in [-0.2, -0.15) is 0 Å². The Labute approximate surface area is 151 Å². The number of anilines is 2. The molecule has 0 spiro atoms. The van der Waals surface area contributed by atoms with E-state index in [1.807, 2.05) is 55.9 Å². The van der Waals surface area contributed by atoms with Crippen LogP contribution < -0.4 is 15.5 Å². The summed E-state index contributed by atoms with van der Waals surface area (Å²) < 4.78 is 0. The molecule has 0 bridgehead atoms. The number of nitrogens with one attached hydrogen (secondary N) is 2. The van der Waals surface area contributed by atoms with E-state index >= 15 is 0 Å². The molecule has 1 aromatic carbocycles. The fourth-order valence-corrected chi connectivity index (χ4v) is 2.66. The van der Waals surface area contributed by atoms with Crippen LogP contribution in [-0.4, -0.2) is 43.5 Å². The maximum Gasteiger partial charge on any atom is 0.319 e. The molecular formula is C19H32N4O2. The van der Waals surface area contributed by atoms with Crippen molar-refractivity contribution >= 4 is 23.3 Å². The first kappa shape index (κ1) is 20.8. The number of hydrogen-bond donors (Lipinski definition) is 2.